The first-order valence-electron chi connectivity index (χ1n) is 17.8. The van der Waals surface area contributed by atoms with E-state index in [1.807, 2.05) is 0 Å². The fraction of sp³-hybridized carbons (Fsp3) is 0.538. The number of carboxylic acids is 5. The van der Waals surface area contributed by atoms with E-state index in [-0.39, 0.29) is 11.1 Å². The van der Waals surface area contributed by atoms with Crippen LogP contribution in [0.25, 0.3) is 0 Å². The van der Waals surface area contributed by atoms with Crippen molar-refractivity contribution in [2.45, 2.75) is 130 Å². The molecule has 5 N–H and O–H groups in total. The minimum atomic E-state index is -4.79. The molecule has 2 rings (SSSR count). The average molecular weight is 774 g/mol. The molecule has 0 atom stereocenters. The molecular formula is C39H55F4NO10. The minimum Gasteiger partial charge on any atom is -0.481 e. The largest absolute Gasteiger partial charge is 0.481 e. The Morgan fingerprint density at radius 3 is 1.43 bits per heavy atom. The Balaban J connectivity index is 0. The molecule has 0 fully saturated rings. The van der Waals surface area contributed by atoms with Crippen molar-refractivity contribution in [1.29, 1.82) is 0 Å². The van der Waals surface area contributed by atoms with Gasteiger partial charge in [-0.3, -0.25) is 14.6 Å². The summed E-state index contributed by atoms with van der Waals surface area (Å²) in [4.78, 5) is 55.2. The van der Waals surface area contributed by atoms with E-state index in [0.29, 0.717) is 31.0 Å². The Morgan fingerprint density at radius 2 is 1.11 bits per heavy atom. The van der Waals surface area contributed by atoms with Gasteiger partial charge in [0.15, 0.2) is 0 Å². The molecule has 1 heterocycles. The predicted molar refractivity (Wildman–Crippen MR) is 195 cm³/mol. The summed E-state index contributed by atoms with van der Waals surface area (Å²) in [7, 11) is 0. The maximum atomic E-state index is 12.5. The van der Waals surface area contributed by atoms with Gasteiger partial charge in [-0.2, -0.15) is 13.2 Å². The molecule has 0 spiro atoms. The van der Waals surface area contributed by atoms with E-state index in [1.165, 1.54) is 77.0 Å². The number of hydrogen-bond acceptors (Lipinski definition) is 6. The topological polar surface area (TPSA) is 199 Å². The lowest BCUT2D eigenvalue weighted by Gasteiger charge is -2.15. The summed E-state index contributed by atoms with van der Waals surface area (Å²) in [5.41, 5.74) is -3.35. The molecule has 0 aliphatic carbocycles. The van der Waals surface area contributed by atoms with Gasteiger partial charge in [0.25, 0.3) is 0 Å². The van der Waals surface area contributed by atoms with Crippen molar-refractivity contribution in [2.75, 3.05) is 0 Å². The van der Waals surface area contributed by atoms with Gasteiger partial charge in [-0.25, -0.2) is 18.8 Å². The van der Waals surface area contributed by atoms with Gasteiger partial charge >= 0.3 is 36.0 Å². The Hall–Kier alpha value is -4.82. The highest BCUT2D eigenvalue weighted by Gasteiger charge is 2.35. The third-order valence-electron chi connectivity index (χ3n) is 7.73. The van der Waals surface area contributed by atoms with Crippen LogP contribution in [0.4, 0.5) is 17.6 Å². The van der Waals surface area contributed by atoms with Gasteiger partial charge in [-0.1, -0.05) is 96.5 Å². The number of alkyl halides is 3. The number of allylic oxidation sites excluding steroid dienone is 1. The Bertz CT molecular complexity index is 1420. The molecular weight excluding hydrogens is 718 g/mol. The molecule has 0 saturated heterocycles. The molecule has 0 radical (unpaired) electrons. The molecule has 0 saturated carbocycles. The zero-order valence-corrected chi connectivity index (χ0v) is 31.3. The molecule has 1 aromatic carbocycles. The van der Waals surface area contributed by atoms with Crippen molar-refractivity contribution in [3.8, 4) is 0 Å². The van der Waals surface area contributed by atoms with Gasteiger partial charge in [-0.05, 0) is 51.0 Å². The molecule has 304 valence electrons. The summed E-state index contributed by atoms with van der Waals surface area (Å²) in [5.74, 6) is -6.63. The van der Waals surface area contributed by atoms with Gasteiger partial charge in [0, 0.05) is 18.8 Å². The van der Waals surface area contributed by atoms with E-state index < -0.39 is 58.4 Å². The van der Waals surface area contributed by atoms with E-state index >= 15 is 0 Å². The predicted octanol–water partition coefficient (Wildman–Crippen LogP) is 10.6. The summed E-state index contributed by atoms with van der Waals surface area (Å²) in [5, 5.41) is 42.3. The van der Waals surface area contributed by atoms with Crippen molar-refractivity contribution in [3.63, 3.8) is 0 Å². The number of pyridine rings is 1. The molecule has 0 aliphatic heterocycles. The molecule has 0 unspecified atom stereocenters. The number of unbranched alkanes of at least 4 members (excludes halogenated alkanes) is 13. The summed E-state index contributed by atoms with van der Waals surface area (Å²) < 4.78 is 48.9. The lowest BCUT2D eigenvalue weighted by atomic mass is 9.90. The normalized spacial score (nSPS) is 10.6. The highest BCUT2D eigenvalue weighted by Crippen LogP contribution is 2.32. The Kier molecular flexibility index (Phi) is 27.2. The number of rotatable bonds is 21. The molecule has 2 aromatic rings. The molecule has 1 aromatic heterocycles. The average Bonchev–Trinajstić information content (AvgIpc) is 3.08. The fourth-order valence-electron chi connectivity index (χ4n) is 4.53. The minimum absolute atomic E-state index is 0.130. The van der Waals surface area contributed by atoms with Crippen molar-refractivity contribution in [3.05, 3.63) is 77.4 Å². The summed E-state index contributed by atoms with van der Waals surface area (Å²) >= 11 is 0. The Labute approximate surface area is 314 Å². The molecule has 0 aliphatic rings. The van der Waals surface area contributed by atoms with Crippen LogP contribution in [0.15, 0.2) is 49.3 Å². The first-order valence-corrected chi connectivity index (χ1v) is 17.8. The fourth-order valence-corrected chi connectivity index (χ4v) is 4.53. The van der Waals surface area contributed by atoms with Gasteiger partial charge in [0.05, 0.1) is 27.7 Å². The van der Waals surface area contributed by atoms with Gasteiger partial charge in [0.1, 0.15) is 5.82 Å². The van der Waals surface area contributed by atoms with Crippen LogP contribution in [0.5, 0.6) is 0 Å². The van der Waals surface area contributed by atoms with Crippen LogP contribution in [0.2, 0.25) is 0 Å². The van der Waals surface area contributed by atoms with Crippen molar-refractivity contribution in [1.82, 2.24) is 4.98 Å². The van der Waals surface area contributed by atoms with Crippen LogP contribution in [0.1, 0.15) is 160 Å². The zero-order chi connectivity index (χ0) is 41.7. The van der Waals surface area contributed by atoms with E-state index in [9.17, 15) is 41.5 Å². The quantitative estimate of drug-likeness (QED) is 0.0459. The van der Waals surface area contributed by atoms with Crippen molar-refractivity contribution < 1.29 is 67.1 Å². The van der Waals surface area contributed by atoms with E-state index in [2.05, 4.69) is 18.5 Å². The second kappa shape index (κ2) is 28.7. The van der Waals surface area contributed by atoms with Crippen molar-refractivity contribution in [2.24, 2.45) is 5.41 Å². The second-order valence-electron chi connectivity index (χ2n) is 13.0. The van der Waals surface area contributed by atoms with Gasteiger partial charge in [0.2, 0.25) is 0 Å². The number of nitrogens with zero attached hydrogens (tertiary/aromatic N) is 1. The number of aromatic nitrogens is 1. The standard InChI is InChI=1S/C17H34O2.C8H4F4O2.C7H5NO4.C7H12O2/c1-2-3-4-5-6-7-8-9-10-11-12-13-14-15-16-17(18)19;9-4-1-2-6(8(10,11)12)5(3-4)7(13)14;9-6(10)4-1-5(7(11)12)3-8-2-4;1-4-5-7(2,3)6(8)9/h2-16H2,1H3,(H,18,19);1-3H,(H,13,14);1-3H,(H,9,10)(H,11,12);4H,1,5H2,2-3H3,(H,8,9). The van der Waals surface area contributed by atoms with Crippen LogP contribution < -0.4 is 0 Å². The van der Waals surface area contributed by atoms with Crippen LogP contribution >= 0.6 is 0 Å². The monoisotopic (exact) mass is 773 g/mol. The van der Waals surface area contributed by atoms with Gasteiger partial charge in [-0.15, -0.1) is 6.58 Å². The first kappa shape index (κ1) is 51.3. The molecule has 11 nitrogen and oxygen atoms in total. The number of aromatic carboxylic acids is 3. The molecule has 0 bridgehead atoms. The third kappa shape index (κ3) is 26.0. The van der Waals surface area contributed by atoms with Crippen LogP contribution in [-0.4, -0.2) is 60.4 Å². The molecule has 15 heteroatoms. The van der Waals surface area contributed by atoms with E-state index in [4.69, 9.17) is 25.5 Å². The number of hydrogen-bond donors (Lipinski definition) is 5. The third-order valence-corrected chi connectivity index (χ3v) is 7.73. The van der Waals surface area contributed by atoms with Crippen LogP contribution in [0, 0.1) is 11.2 Å². The van der Waals surface area contributed by atoms with E-state index in [0.717, 1.165) is 31.3 Å². The van der Waals surface area contributed by atoms with E-state index in [1.54, 1.807) is 19.9 Å². The highest BCUT2D eigenvalue weighted by molar-refractivity contribution is 5.93. The Morgan fingerprint density at radius 1 is 0.685 bits per heavy atom. The SMILES string of the molecule is C=CCC(C)(C)C(=O)O.CCCCCCCCCCCCCCCCC(=O)O.O=C(O)c1cc(F)ccc1C(F)(F)F.O=C(O)c1cncc(C(=O)O)c1. The highest BCUT2D eigenvalue weighted by atomic mass is 19.4. The number of aliphatic carboxylic acids is 2. The lowest BCUT2D eigenvalue weighted by molar-refractivity contribution is -0.146. The maximum absolute atomic E-state index is 12.5. The zero-order valence-electron chi connectivity index (χ0n) is 31.3. The first-order chi connectivity index (χ1) is 25.2. The second-order valence-corrected chi connectivity index (χ2v) is 13.0. The number of carboxylic acid groups (broad SMARTS) is 5. The summed E-state index contributed by atoms with van der Waals surface area (Å²) in [6.45, 7) is 9.09. The molecule has 0 amide bonds. The number of benzene rings is 1. The maximum Gasteiger partial charge on any atom is 0.417 e. The van der Waals surface area contributed by atoms with Crippen LogP contribution in [-0.2, 0) is 15.8 Å². The van der Waals surface area contributed by atoms with Crippen LogP contribution in [0.3, 0.4) is 0 Å². The lowest BCUT2D eigenvalue weighted by Crippen LogP contribution is -2.22. The smallest absolute Gasteiger partial charge is 0.417 e. The molecule has 54 heavy (non-hydrogen) atoms. The summed E-state index contributed by atoms with van der Waals surface area (Å²) in [6, 6.07) is 2.36. The summed E-state index contributed by atoms with van der Waals surface area (Å²) in [6.07, 6.45) is 18.3. The van der Waals surface area contributed by atoms with Crippen molar-refractivity contribution >= 4 is 29.8 Å². The number of halogens is 4. The van der Waals surface area contributed by atoms with Gasteiger partial charge < -0.3 is 25.5 Å². The number of carbonyl (C=O) groups is 5.